The minimum Gasteiger partial charge on any atom is -0.298 e. The molecule has 0 aliphatic carbocycles. The maximum absolute atomic E-state index is 12.9. The molecule has 0 amide bonds. The molecule has 0 aliphatic heterocycles. The first kappa shape index (κ1) is 20.8. The van der Waals surface area contributed by atoms with Crippen molar-refractivity contribution in [2.45, 2.75) is 6.54 Å². The predicted octanol–water partition coefficient (Wildman–Crippen LogP) is 2.63. The number of pyridine rings is 1. The van der Waals surface area contributed by atoms with E-state index in [9.17, 15) is 9.59 Å². The van der Waals surface area contributed by atoms with Gasteiger partial charge in [0.1, 0.15) is 0 Å². The third-order valence-electron chi connectivity index (χ3n) is 4.74. The first-order chi connectivity index (χ1) is 14.9. The molecule has 4 aromatic rings. The summed E-state index contributed by atoms with van der Waals surface area (Å²) in [4.78, 5) is 33.9. The Kier molecular flexibility index (Phi) is 5.62. The number of imidazole rings is 1. The summed E-state index contributed by atoms with van der Waals surface area (Å²) in [5.41, 5.74) is 3.73. The molecule has 0 unspecified atom stereocenters. The fourth-order valence-corrected chi connectivity index (χ4v) is 3.58. The van der Waals surface area contributed by atoms with Crippen LogP contribution in [-0.2, 0) is 20.6 Å². The van der Waals surface area contributed by atoms with Gasteiger partial charge in [-0.2, -0.15) is 10.1 Å². The van der Waals surface area contributed by atoms with Crippen molar-refractivity contribution in [2.75, 3.05) is 5.43 Å². The van der Waals surface area contributed by atoms with Gasteiger partial charge in [-0.3, -0.25) is 23.5 Å². The van der Waals surface area contributed by atoms with Crippen molar-refractivity contribution in [3.05, 3.63) is 84.7 Å². The molecule has 9 nitrogen and oxygen atoms in total. The number of hydrazone groups is 1. The lowest BCUT2D eigenvalue weighted by Crippen LogP contribution is -2.37. The third-order valence-corrected chi connectivity index (χ3v) is 5.33. The number of hydrogen-bond donors (Lipinski definition) is 1. The number of aryl methyl sites for hydroxylation is 1. The second-order valence-electron chi connectivity index (χ2n) is 6.76. The summed E-state index contributed by atoms with van der Waals surface area (Å²) in [6.45, 7) is 0.210. The van der Waals surface area contributed by atoms with Gasteiger partial charge in [0, 0.05) is 30.3 Å². The number of nitrogens with zero attached hydrogens (tertiary/aromatic N) is 6. The summed E-state index contributed by atoms with van der Waals surface area (Å²) in [5.74, 6) is 0.270. The van der Waals surface area contributed by atoms with E-state index in [4.69, 9.17) is 23.2 Å². The van der Waals surface area contributed by atoms with Gasteiger partial charge in [0.25, 0.3) is 5.56 Å². The van der Waals surface area contributed by atoms with Crippen molar-refractivity contribution in [1.82, 2.24) is 23.7 Å². The van der Waals surface area contributed by atoms with E-state index in [1.165, 1.54) is 17.8 Å². The maximum Gasteiger partial charge on any atom is 0.332 e. The zero-order valence-corrected chi connectivity index (χ0v) is 18.1. The van der Waals surface area contributed by atoms with Crippen LogP contribution in [0.5, 0.6) is 0 Å². The quantitative estimate of drug-likeness (QED) is 0.366. The summed E-state index contributed by atoms with van der Waals surface area (Å²) in [6, 6.07) is 10.5. The Hall–Kier alpha value is -3.43. The molecule has 158 valence electrons. The Morgan fingerprint density at radius 1 is 1.13 bits per heavy atom. The number of benzene rings is 1. The lowest BCUT2D eigenvalue weighted by atomic mass is 10.2. The van der Waals surface area contributed by atoms with Crippen molar-refractivity contribution in [1.29, 1.82) is 0 Å². The van der Waals surface area contributed by atoms with E-state index in [-0.39, 0.29) is 23.7 Å². The van der Waals surface area contributed by atoms with Gasteiger partial charge in [-0.25, -0.2) is 10.2 Å². The molecule has 0 fully saturated rings. The first-order valence-electron chi connectivity index (χ1n) is 9.17. The van der Waals surface area contributed by atoms with Crippen LogP contribution < -0.4 is 16.7 Å². The lowest BCUT2D eigenvalue weighted by molar-refractivity contribution is 0.702. The normalized spacial score (nSPS) is 11.5. The molecule has 0 radical (unpaired) electrons. The van der Waals surface area contributed by atoms with E-state index in [1.807, 2.05) is 6.07 Å². The molecule has 0 saturated heterocycles. The van der Waals surface area contributed by atoms with E-state index >= 15 is 0 Å². The van der Waals surface area contributed by atoms with Crippen LogP contribution in [0.15, 0.2) is 57.3 Å². The molecular weight excluding hydrogens is 441 g/mol. The Labute approximate surface area is 186 Å². The number of rotatable bonds is 5. The molecule has 4 rings (SSSR count). The topological polar surface area (TPSA) is 99.1 Å². The Morgan fingerprint density at radius 3 is 2.65 bits per heavy atom. The van der Waals surface area contributed by atoms with Crippen LogP contribution in [0.25, 0.3) is 11.2 Å². The largest absolute Gasteiger partial charge is 0.332 e. The molecule has 0 aliphatic rings. The molecule has 0 atom stereocenters. The predicted molar refractivity (Wildman–Crippen MR) is 121 cm³/mol. The number of halogens is 2. The van der Waals surface area contributed by atoms with Crippen molar-refractivity contribution >= 4 is 46.5 Å². The van der Waals surface area contributed by atoms with E-state index in [2.05, 4.69) is 20.5 Å². The highest BCUT2D eigenvalue weighted by Crippen LogP contribution is 2.24. The first-order valence-corrected chi connectivity index (χ1v) is 9.92. The summed E-state index contributed by atoms with van der Waals surface area (Å²) in [7, 11) is 2.97. The van der Waals surface area contributed by atoms with Gasteiger partial charge in [-0.1, -0.05) is 35.3 Å². The fourth-order valence-electron chi connectivity index (χ4n) is 3.11. The van der Waals surface area contributed by atoms with Crippen LogP contribution in [-0.4, -0.2) is 29.9 Å². The molecule has 11 heteroatoms. The van der Waals surface area contributed by atoms with E-state index < -0.39 is 11.2 Å². The Morgan fingerprint density at radius 2 is 1.94 bits per heavy atom. The van der Waals surface area contributed by atoms with Crippen LogP contribution in [0, 0.1) is 0 Å². The van der Waals surface area contributed by atoms with Crippen molar-refractivity contribution in [3.63, 3.8) is 0 Å². The van der Waals surface area contributed by atoms with Gasteiger partial charge in [-0.15, -0.1) is 0 Å². The van der Waals surface area contributed by atoms with Gasteiger partial charge < -0.3 is 0 Å². The van der Waals surface area contributed by atoms with Crippen molar-refractivity contribution in [3.8, 4) is 0 Å². The Bertz CT molecular complexity index is 1420. The monoisotopic (exact) mass is 457 g/mol. The van der Waals surface area contributed by atoms with Crippen molar-refractivity contribution in [2.24, 2.45) is 19.2 Å². The fraction of sp³-hybridized carbons (Fsp3) is 0.150. The zero-order chi connectivity index (χ0) is 22.1. The molecule has 0 spiro atoms. The molecule has 0 bridgehead atoms. The van der Waals surface area contributed by atoms with E-state index in [1.54, 1.807) is 48.1 Å². The van der Waals surface area contributed by atoms with Crippen LogP contribution in [0.3, 0.4) is 0 Å². The van der Waals surface area contributed by atoms with Crippen LogP contribution in [0.4, 0.5) is 5.95 Å². The second-order valence-corrected chi connectivity index (χ2v) is 7.60. The smallest absolute Gasteiger partial charge is 0.298 e. The minimum atomic E-state index is -0.477. The van der Waals surface area contributed by atoms with Crippen LogP contribution in [0.2, 0.25) is 10.0 Å². The number of fused-ring (bicyclic) bond motifs is 1. The minimum absolute atomic E-state index is 0.210. The van der Waals surface area contributed by atoms with Gasteiger partial charge in [0.15, 0.2) is 11.2 Å². The average Bonchev–Trinajstić information content (AvgIpc) is 3.12. The van der Waals surface area contributed by atoms with Crippen LogP contribution in [0.1, 0.15) is 11.3 Å². The molecule has 3 aromatic heterocycles. The maximum atomic E-state index is 12.9. The van der Waals surface area contributed by atoms with Crippen LogP contribution >= 0.6 is 23.2 Å². The van der Waals surface area contributed by atoms with Gasteiger partial charge in [-0.05, 0) is 29.8 Å². The van der Waals surface area contributed by atoms with E-state index in [0.29, 0.717) is 15.7 Å². The number of nitrogens with one attached hydrogen (secondary N) is 1. The van der Waals surface area contributed by atoms with Gasteiger partial charge in [0.05, 0.1) is 18.5 Å². The van der Waals surface area contributed by atoms with Crippen molar-refractivity contribution < 1.29 is 0 Å². The third kappa shape index (κ3) is 3.97. The highest BCUT2D eigenvalue weighted by Gasteiger charge is 2.20. The number of hydrogen-bond acceptors (Lipinski definition) is 6. The average molecular weight is 458 g/mol. The summed E-state index contributed by atoms with van der Waals surface area (Å²) in [6.07, 6.45) is 3.18. The second kappa shape index (κ2) is 8.37. The van der Waals surface area contributed by atoms with E-state index in [0.717, 1.165) is 10.1 Å². The molecule has 1 N–H and O–H groups in total. The van der Waals surface area contributed by atoms with Gasteiger partial charge >= 0.3 is 5.69 Å². The highest BCUT2D eigenvalue weighted by molar-refractivity contribution is 6.35. The standard InChI is InChI=1S/C20H17Cl2N7O2/c1-27-17-16(18(30)28(2)20(27)31)29(11-12-6-7-13(21)9-15(12)22)19(25-17)26-24-10-14-5-3-4-8-23-14/h3-10H,11H2,1-2H3,(H,25,26)/b24-10-. The summed E-state index contributed by atoms with van der Waals surface area (Å²) < 4.78 is 3.97. The molecule has 3 heterocycles. The summed E-state index contributed by atoms with van der Waals surface area (Å²) in [5, 5.41) is 5.12. The molecule has 1 aromatic carbocycles. The molecular formula is C20H17Cl2N7O2. The molecule has 0 saturated carbocycles. The zero-order valence-electron chi connectivity index (χ0n) is 16.6. The molecule has 31 heavy (non-hydrogen) atoms. The number of aromatic nitrogens is 5. The summed E-state index contributed by atoms with van der Waals surface area (Å²) >= 11 is 12.4. The number of anilines is 1. The lowest BCUT2D eigenvalue weighted by Gasteiger charge is -2.11. The highest BCUT2D eigenvalue weighted by atomic mass is 35.5. The van der Waals surface area contributed by atoms with Gasteiger partial charge in [0.2, 0.25) is 5.95 Å². The SMILES string of the molecule is Cn1c(=O)c2c(nc(N/N=C\c3ccccn3)n2Cc2ccc(Cl)cc2Cl)n(C)c1=O. The Balaban J connectivity index is 1.86.